The van der Waals surface area contributed by atoms with Crippen LogP contribution in [0.5, 0.6) is 0 Å². The number of rotatable bonds is 1. The number of piperazine rings is 1. The summed E-state index contributed by atoms with van der Waals surface area (Å²) in [7, 11) is -3.43. The van der Waals surface area contributed by atoms with Crippen LogP contribution < -0.4 is 9.80 Å². The molecule has 10 heteroatoms. The summed E-state index contributed by atoms with van der Waals surface area (Å²) >= 11 is 5.96. The quantitative estimate of drug-likeness (QED) is 0.714. The molecule has 142 valence electrons. The number of halogens is 1. The van der Waals surface area contributed by atoms with Gasteiger partial charge in [0.1, 0.15) is 5.82 Å². The molecule has 0 bridgehead atoms. The highest BCUT2D eigenvalue weighted by molar-refractivity contribution is 7.91. The lowest BCUT2D eigenvalue weighted by Gasteiger charge is -2.39. The number of hydrogen-bond acceptors (Lipinski definition) is 6. The van der Waals surface area contributed by atoms with E-state index in [2.05, 4.69) is 14.9 Å². The number of anilines is 2. The average molecular weight is 408 g/mol. The van der Waals surface area contributed by atoms with Crippen molar-refractivity contribution in [2.24, 2.45) is 0 Å². The molecule has 1 aromatic carbocycles. The highest BCUT2D eigenvalue weighted by Crippen LogP contribution is 2.33. The highest BCUT2D eigenvalue weighted by atomic mass is 35.5. The first kappa shape index (κ1) is 18.0. The predicted molar refractivity (Wildman–Crippen MR) is 102 cm³/mol. The summed E-state index contributed by atoms with van der Waals surface area (Å²) in [5, 5.41) is 0.337. The molecule has 2 amide bonds. The van der Waals surface area contributed by atoms with Gasteiger partial charge in [0.2, 0.25) is 0 Å². The molecule has 2 aliphatic heterocycles. The lowest BCUT2D eigenvalue weighted by Crippen LogP contribution is -2.54. The molecule has 0 radical (unpaired) electrons. The third kappa shape index (κ3) is 3.44. The van der Waals surface area contributed by atoms with Crippen molar-refractivity contribution in [3.05, 3.63) is 41.8 Å². The monoisotopic (exact) mass is 407 g/mol. The first-order chi connectivity index (χ1) is 13.0. The van der Waals surface area contributed by atoms with E-state index in [0.717, 1.165) is 5.82 Å². The molecule has 1 saturated heterocycles. The fourth-order valence-corrected chi connectivity index (χ4v) is 5.04. The van der Waals surface area contributed by atoms with Crippen molar-refractivity contribution in [3.8, 4) is 0 Å². The van der Waals surface area contributed by atoms with Crippen molar-refractivity contribution in [2.45, 2.75) is 4.90 Å². The number of aromatic nitrogens is 2. The van der Waals surface area contributed by atoms with Crippen molar-refractivity contribution < 1.29 is 13.2 Å². The van der Waals surface area contributed by atoms with Crippen LogP contribution in [0, 0.1) is 0 Å². The second-order valence-corrected chi connectivity index (χ2v) is 8.92. The fraction of sp³-hybridized carbons (Fsp3) is 0.353. The number of sulfone groups is 1. The van der Waals surface area contributed by atoms with Gasteiger partial charge < -0.3 is 9.80 Å². The van der Waals surface area contributed by atoms with Crippen molar-refractivity contribution in [3.63, 3.8) is 0 Å². The summed E-state index contributed by atoms with van der Waals surface area (Å²) in [6.45, 7) is 2.48. The Bertz CT molecular complexity index is 962. The molecule has 1 fully saturated rings. The maximum atomic E-state index is 13.0. The van der Waals surface area contributed by atoms with Crippen LogP contribution in [-0.2, 0) is 9.84 Å². The van der Waals surface area contributed by atoms with Crippen LogP contribution in [0.25, 0.3) is 0 Å². The Hall–Kier alpha value is -2.39. The molecule has 0 spiro atoms. The number of carbonyl (C=O) groups is 1. The van der Waals surface area contributed by atoms with E-state index < -0.39 is 9.84 Å². The van der Waals surface area contributed by atoms with Gasteiger partial charge in [0.05, 0.1) is 22.5 Å². The summed E-state index contributed by atoms with van der Waals surface area (Å²) < 4.78 is 24.7. The molecule has 27 heavy (non-hydrogen) atoms. The van der Waals surface area contributed by atoms with Gasteiger partial charge in [-0.15, -0.1) is 0 Å². The summed E-state index contributed by atoms with van der Waals surface area (Å²) in [4.78, 5) is 26.9. The molecule has 2 aromatic rings. The fourth-order valence-electron chi connectivity index (χ4n) is 3.35. The van der Waals surface area contributed by atoms with Crippen LogP contribution in [0.15, 0.2) is 41.7 Å². The van der Waals surface area contributed by atoms with Gasteiger partial charge in [-0.2, -0.15) is 0 Å². The number of fused-ring (bicyclic) bond motifs is 1. The zero-order chi connectivity index (χ0) is 19.0. The van der Waals surface area contributed by atoms with Crippen LogP contribution in [0.1, 0.15) is 0 Å². The minimum Gasteiger partial charge on any atom is -0.352 e. The van der Waals surface area contributed by atoms with Crippen molar-refractivity contribution >= 4 is 39.0 Å². The topological polar surface area (TPSA) is 86.7 Å². The second-order valence-electron chi connectivity index (χ2n) is 6.40. The zero-order valence-corrected chi connectivity index (χ0v) is 16.0. The summed E-state index contributed by atoms with van der Waals surface area (Å²) in [6.07, 6.45) is 4.97. The third-order valence-corrected chi connectivity index (χ3v) is 6.74. The van der Waals surface area contributed by atoms with Gasteiger partial charge in [0.15, 0.2) is 9.84 Å². The molecule has 2 aliphatic rings. The first-order valence-electron chi connectivity index (χ1n) is 8.55. The number of hydrogen-bond donors (Lipinski definition) is 0. The van der Waals surface area contributed by atoms with Crippen LogP contribution in [0.2, 0.25) is 5.02 Å². The van der Waals surface area contributed by atoms with E-state index in [0.29, 0.717) is 36.9 Å². The Morgan fingerprint density at radius 2 is 1.85 bits per heavy atom. The van der Waals surface area contributed by atoms with E-state index in [-0.39, 0.29) is 23.2 Å². The number of amides is 2. The molecule has 1 aromatic heterocycles. The molecule has 0 unspecified atom stereocenters. The molecular weight excluding hydrogens is 390 g/mol. The normalized spacial score (nSPS) is 18.9. The molecule has 4 rings (SSSR count). The lowest BCUT2D eigenvalue weighted by atomic mass is 10.2. The summed E-state index contributed by atoms with van der Waals surface area (Å²) in [5.74, 6) is 0.680. The van der Waals surface area contributed by atoms with Crippen LogP contribution >= 0.6 is 11.6 Å². The molecule has 8 nitrogen and oxygen atoms in total. The van der Waals surface area contributed by atoms with Gasteiger partial charge in [0, 0.05) is 50.1 Å². The van der Waals surface area contributed by atoms with Crippen LogP contribution in [0.4, 0.5) is 16.3 Å². The minimum absolute atomic E-state index is 0.106. The van der Waals surface area contributed by atoms with Gasteiger partial charge >= 0.3 is 6.03 Å². The Kier molecular flexibility index (Phi) is 4.65. The molecule has 0 aliphatic carbocycles. The maximum Gasteiger partial charge on any atom is 0.324 e. The molecule has 0 atom stereocenters. The standard InChI is InChI=1S/C17H18ClN5O3S/c18-13-1-2-14-15(11-13)27(25,26)10-9-23(14)17(24)22-7-5-21(6-8-22)16-12-19-3-4-20-16/h1-4,11-12H,5-10H2. The van der Waals surface area contributed by atoms with Crippen LogP contribution in [0.3, 0.4) is 0 Å². The Morgan fingerprint density at radius 1 is 1.07 bits per heavy atom. The van der Waals surface area contributed by atoms with Gasteiger partial charge in [-0.3, -0.25) is 9.88 Å². The average Bonchev–Trinajstić information content (AvgIpc) is 2.69. The molecular formula is C17H18ClN5O3S. The summed E-state index contributed by atoms with van der Waals surface area (Å²) in [5.41, 5.74) is 0.395. The van der Waals surface area contributed by atoms with Gasteiger partial charge in [-0.25, -0.2) is 18.2 Å². The van der Waals surface area contributed by atoms with E-state index in [1.807, 2.05) is 0 Å². The highest BCUT2D eigenvalue weighted by Gasteiger charge is 2.34. The van der Waals surface area contributed by atoms with Crippen molar-refractivity contribution in [2.75, 3.05) is 48.3 Å². The maximum absolute atomic E-state index is 13.0. The van der Waals surface area contributed by atoms with Gasteiger partial charge in [-0.1, -0.05) is 11.6 Å². The Labute approximate surface area is 162 Å². The molecule has 0 saturated carbocycles. The Balaban J connectivity index is 1.51. The lowest BCUT2D eigenvalue weighted by molar-refractivity contribution is 0.201. The van der Waals surface area contributed by atoms with E-state index in [1.54, 1.807) is 35.6 Å². The first-order valence-corrected chi connectivity index (χ1v) is 10.6. The number of nitrogens with zero attached hydrogens (tertiary/aromatic N) is 5. The van der Waals surface area contributed by atoms with E-state index in [1.165, 1.54) is 11.0 Å². The molecule has 0 N–H and O–H groups in total. The van der Waals surface area contributed by atoms with Crippen molar-refractivity contribution in [1.82, 2.24) is 14.9 Å². The minimum atomic E-state index is -3.43. The Morgan fingerprint density at radius 3 is 2.56 bits per heavy atom. The van der Waals surface area contributed by atoms with E-state index >= 15 is 0 Å². The number of carbonyl (C=O) groups excluding carboxylic acids is 1. The molecule has 3 heterocycles. The van der Waals surface area contributed by atoms with Gasteiger partial charge in [0.25, 0.3) is 0 Å². The van der Waals surface area contributed by atoms with E-state index in [4.69, 9.17) is 11.6 Å². The zero-order valence-electron chi connectivity index (χ0n) is 14.5. The second kappa shape index (κ2) is 6.97. The third-order valence-electron chi connectivity index (χ3n) is 4.79. The van der Waals surface area contributed by atoms with Crippen molar-refractivity contribution in [1.29, 1.82) is 0 Å². The van der Waals surface area contributed by atoms with Crippen LogP contribution in [-0.4, -0.2) is 67.8 Å². The number of benzene rings is 1. The largest absolute Gasteiger partial charge is 0.352 e. The number of urea groups is 1. The van der Waals surface area contributed by atoms with E-state index in [9.17, 15) is 13.2 Å². The predicted octanol–water partition coefficient (Wildman–Crippen LogP) is 1.67. The summed E-state index contributed by atoms with van der Waals surface area (Å²) in [6, 6.07) is 4.43. The SMILES string of the molecule is O=C(N1CCN(c2cnccn2)CC1)N1CCS(=O)(=O)c2cc(Cl)ccc21. The smallest absolute Gasteiger partial charge is 0.324 e. The van der Waals surface area contributed by atoms with Gasteiger partial charge in [-0.05, 0) is 18.2 Å².